The number of hydrogen-bond acceptors (Lipinski definition) is 4. The molecular formula is C16H19N3OS. The van der Waals surface area contributed by atoms with E-state index in [0.717, 1.165) is 29.2 Å². The van der Waals surface area contributed by atoms with Crippen LogP contribution in [0.3, 0.4) is 0 Å². The molecule has 0 aliphatic carbocycles. The van der Waals surface area contributed by atoms with Gasteiger partial charge in [-0.25, -0.2) is 4.98 Å². The van der Waals surface area contributed by atoms with Crippen molar-refractivity contribution in [2.75, 3.05) is 23.4 Å². The van der Waals surface area contributed by atoms with Gasteiger partial charge in [0, 0.05) is 11.4 Å². The van der Waals surface area contributed by atoms with Crippen molar-refractivity contribution in [2.45, 2.75) is 18.2 Å². The summed E-state index contributed by atoms with van der Waals surface area (Å²) in [7, 11) is 0. The van der Waals surface area contributed by atoms with Gasteiger partial charge in [-0.05, 0) is 36.9 Å². The molecule has 1 aromatic carbocycles. The Morgan fingerprint density at radius 3 is 2.71 bits per heavy atom. The lowest BCUT2D eigenvalue weighted by molar-refractivity contribution is 0.102. The number of aromatic nitrogens is 1. The first-order valence-corrected chi connectivity index (χ1v) is 8.11. The minimum Gasteiger partial charge on any atom is -0.384 e. The lowest BCUT2D eigenvalue weighted by Crippen LogP contribution is -2.14. The van der Waals surface area contributed by atoms with E-state index in [1.165, 1.54) is 0 Å². The van der Waals surface area contributed by atoms with Crippen molar-refractivity contribution >= 4 is 29.0 Å². The Labute approximate surface area is 129 Å². The summed E-state index contributed by atoms with van der Waals surface area (Å²) in [5.41, 5.74) is 2.15. The highest BCUT2D eigenvalue weighted by atomic mass is 32.2. The molecule has 1 heterocycles. The molecule has 0 saturated carbocycles. The van der Waals surface area contributed by atoms with Gasteiger partial charge in [-0.3, -0.25) is 4.79 Å². The number of anilines is 2. The van der Waals surface area contributed by atoms with Crippen LogP contribution in [0.25, 0.3) is 0 Å². The Morgan fingerprint density at radius 1 is 1.24 bits per heavy atom. The number of nitrogens with one attached hydrogen (secondary N) is 2. The van der Waals surface area contributed by atoms with Crippen LogP contribution < -0.4 is 10.6 Å². The number of para-hydroxylation sites is 1. The molecule has 1 aromatic heterocycles. The summed E-state index contributed by atoms with van der Waals surface area (Å²) in [5, 5.41) is 6.13. The zero-order valence-corrected chi connectivity index (χ0v) is 13.0. The molecule has 0 aliphatic rings. The number of rotatable bonds is 6. The Kier molecular flexibility index (Phi) is 5.63. The van der Waals surface area contributed by atoms with E-state index in [9.17, 15) is 4.79 Å². The predicted octanol–water partition coefficient (Wildman–Crippen LogP) is 3.88. The fourth-order valence-electron chi connectivity index (χ4n) is 1.84. The van der Waals surface area contributed by atoms with Crippen molar-refractivity contribution < 1.29 is 4.79 Å². The van der Waals surface area contributed by atoms with E-state index >= 15 is 0 Å². The molecule has 0 unspecified atom stereocenters. The van der Waals surface area contributed by atoms with Gasteiger partial charge < -0.3 is 10.6 Å². The molecule has 5 heteroatoms. The number of amides is 1. The molecule has 110 valence electrons. The third-order valence-corrected chi connectivity index (χ3v) is 3.73. The average Bonchev–Trinajstić information content (AvgIpc) is 2.54. The third-order valence-electron chi connectivity index (χ3n) is 2.93. The van der Waals surface area contributed by atoms with Crippen LogP contribution in [-0.4, -0.2) is 23.7 Å². The largest absolute Gasteiger partial charge is 0.384 e. The first-order valence-electron chi connectivity index (χ1n) is 6.89. The molecule has 0 radical (unpaired) electrons. The van der Waals surface area contributed by atoms with Crippen LogP contribution in [0.15, 0.2) is 47.5 Å². The second-order valence-corrected chi connectivity index (χ2v) is 5.36. The number of thioether (sulfide) groups is 1. The van der Waals surface area contributed by atoms with Crippen molar-refractivity contribution in [1.82, 2.24) is 4.98 Å². The summed E-state index contributed by atoms with van der Waals surface area (Å²) in [4.78, 5) is 17.4. The maximum absolute atomic E-state index is 12.2. The van der Waals surface area contributed by atoms with Crippen LogP contribution >= 0.6 is 11.8 Å². The second-order valence-electron chi connectivity index (χ2n) is 4.51. The second kappa shape index (κ2) is 7.69. The molecular weight excluding hydrogens is 282 g/mol. The molecule has 0 spiro atoms. The van der Waals surface area contributed by atoms with Crippen molar-refractivity contribution in [3.8, 4) is 0 Å². The van der Waals surface area contributed by atoms with E-state index < -0.39 is 0 Å². The molecule has 4 nitrogen and oxygen atoms in total. The SMILES string of the molecule is CCCNc1ccc(C(=O)Nc2ccccc2SC)nc1. The van der Waals surface area contributed by atoms with Gasteiger partial charge in [0.15, 0.2) is 0 Å². The summed E-state index contributed by atoms with van der Waals surface area (Å²) < 4.78 is 0. The molecule has 0 fully saturated rings. The van der Waals surface area contributed by atoms with E-state index in [1.807, 2.05) is 36.6 Å². The minimum atomic E-state index is -0.196. The van der Waals surface area contributed by atoms with Crippen LogP contribution in [0, 0.1) is 0 Å². The molecule has 1 amide bonds. The predicted molar refractivity (Wildman–Crippen MR) is 89.2 cm³/mol. The van der Waals surface area contributed by atoms with Crippen molar-refractivity contribution in [3.05, 3.63) is 48.3 Å². The van der Waals surface area contributed by atoms with Crippen LogP contribution in [0.1, 0.15) is 23.8 Å². The number of pyridine rings is 1. The minimum absolute atomic E-state index is 0.196. The highest BCUT2D eigenvalue weighted by Gasteiger charge is 2.09. The van der Waals surface area contributed by atoms with Gasteiger partial charge in [-0.15, -0.1) is 11.8 Å². The lowest BCUT2D eigenvalue weighted by Gasteiger charge is -2.09. The molecule has 0 bridgehead atoms. The highest BCUT2D eigenvalue weighted by molar-refractivity contribution is 7.98. The molecule has 21 heavy (non-hydrogen) atoms. The molecule has 0 saturated heterocycles. The van der Waals surface area contributed by atoms with Gasteiger partial charge in [-0.2, -0.15) is 0 Å². The normalized spacial score (nSPS) is 10.2. The van der Waals surface area contributed by atoms with Crippen LogP contribution in [-0.2, 0) is 0 Å². The highest BCUT2D eigenvalue weighted by Crippen LogP contribution is 2.24. The van der Waals surface area contributed by atoms with E-state index in [-0.39, 0.29) is 5.91 Å². The van der Waals surface area contributed by atoms with E-state index in [4.69, 9.17) is 0 Å². The Balaban J connectivity index is 2.06. The number of carbonyl (C=O) groups is 1. The monoisotopic (exact) mass is 301 g/mol. The summed E-state index contributed by atoms with van der Waals surface area (Å²) in [6.45, 7) is 3.00. The quantitative estimate of drug-likeness (QED) is 0.795. The average molecular weight is 301 g/mol. The van der Waals surface area contributed by atoms with Crippen molar-refractivity contribution in [2.24, 2.45) is 0 Å². The number of benzene rings is 1. The van der Waals surface area contributed by atoms with E-state index in [1.54, 1.807) is 24.0 Å². The maximum atomic E-state index is 12.2. The Hall–Kier alpha value is -2.01. The van der Waals surface area contributed by atoms with Gasteiger partial charge in [0.2, 0.25) is 0 Å². The van der Waals surface area contributed by atoms with Crippen LogP contribution in [0.5, 0.6) is 0 Å². The van der Waals surface area contributed by atoms with Crippen LogP contribution in [0.2, 0.25) is 0 Å². The van der Waals surface area contributed by atoms with Gasteiger partial charge >= 0.3 is 0 Å². The number of carbonyl (C=O) groups excluding carboxylic acids is 1. The fourth-order valence-corrected chi connectivity index (χ4v) is 2.39. The first-order chi connectivity index (χ1) is 10.2. The smallest absolute Gasteiger partial charge is 0.274 e. The van der Waals surface area contributed by atoms with Gasteiger partial charge in [-0.1, -0.05) is 19.1 Å². The Bertz CT molecular complexity index is 599. The van der Waals surface area contributed by atoms with Crippen LogP contribution in [0.4, 0.5) is 11.4 Å². The van der Waals surface area contributed by atoms with E-state index in [2.05, 4.69) is 22.5 Å². The zero-order chi connectivity index (χ0) is 15.1. The molecule has 0 atom stereocenters. The van der Waals surface area contributed by atoms with Crippen molar-refractivity contribution in [1.29, 1.82) is 0 Å². The third kappa shape index (κ3) is 4.23. The Morgan fingerprint density at radius 2 is 2.05 bits per heavy atom. The van der Waals surface area contributed by atoms with Gasteiger partial charge in [0.05, 0.1) is 17.6 Å². The molecule has 0 aliphatic heterocycles. The van der Waals surface area contributed by atoms with Gasteiger partial charge in [0.25, 0.3) is 5.91 Å². The zero-order valence-electron chi connectivity index (χ0n) is 12.2. The standard InChI is InChI=1S/C16H19N3OS/c1-3-10-17-12-8-9-14(18-11-12)16(20)19-13-6-4-5-7-15(13)21-2/h4-9,11,17H,3,10H2,1-2H3,(H,19,20). The first kappa shape index (κ1) is 15.4. The molecule has 2 rings (SSSR count). The lowest BCUT2D eigenvalue weighted by atomic mass is 10.2. The molecule has 2 aromatic rings. The summed E-state index contributed by atoms with van der Waals surface area (Å²) >= 11 is 1.60. The maximum Gasteiger partial charge on any atom is 0.274 e. The fraction of sp³-hybridized carbons (Fsp3) is 0.250. The summed E-state index contributed by atoms with van der Waals surface area (Å²) in [6.07, 6.45) is 4.72. The summed E-state index contributed by atoms with van der Waals surface area (Å²) in [5.74, 6) is -0.196. The summed E-state index contributed by atoms with van der Waals surface area (Å²) in [6, 6.07) is 11.3. The van der Waals surface area contributed by atoms with E-state index in [0.29, 0.717) is 5.69 Å². The number of nitrogens with zero attached hydrogens (tertiary/aromatic N) is 1. The molecule has 2 N–H and O–H groups in total. The topological polar surface area (TPSA) is 54.0 Å². The number of hydrogen-bond donors (Lipinski definition) is 2. The van der Waals surface area contributed by atoms with Gasteiger partial charge in [0.1, 0.15) is 5.69 Å². The van der Waals surface area contributed by atoms with Crippen molar-refractivity contribution in [3.63, 3.8) is 0 Å².